The van der Waals surface area contributed by atoms with Crippen molar-refractivity contribution in [1.82, 2.24) is 14.3 Å². The molecule has 1 atom stereocenters. The minimum absolute atomic E-state index is 0.0483. The van der Waals surface area contributed by atoms with Crippen molar-refractivity contribution in [1.29, 1.82) is 0 Å². The second-order valence-electron chi connectivity index (χ2n) is 6.52. The zero-order chi connectivity index (χ0) is 17.2. The lowest BCUT2D eigenvalue weighted by Crippen LogP contribution is -2.34. The second-order valence-corrected chi connectivity index (χ2v) is 6.52. The molecule has 1 aliphatic rings. The fourth-order valence-electron chi connectivity index (χ4n) is 3.44. The number of para-hydroxylation sites is 1. The molecule has 0 radical (unpaired) electrons. The number of rotatable bonds is 3. The highest BCUT2D eigenvalue weighted by molar-refractivity contribution is 5.79. The van der Waals surface area contributed by atoms with Crippen molar-refractivity contribution in [2.45, 2.75) is 19.4 Å². The van der Waals surface area contributed by atoms with Crippen molar-refractivity contribution in [3.8, 4) is 5.75 Å². The first-order chi connectivity index (χ1) is 12.2. The maximum absolute atomic E-state index is 13.0. The third-order valence-electron chi connectivity index (χ3n) is 4.78. The Labute approximate surface area is 146 Å². The maximum Gasteiger partial charge on any atom is 0.226 e. The molecule has 0 aliphatic carbocycles. The van der Waals surface area contributed by atoms with Crippen LogP contribution in [0.15, 0.2) is 54.9 Å². The minimum atomic E-state index is -0.0483. The van der Waals surface area contributed by atoms with Crippen LogP contribution in [0.2, 0.25) is 0 Å². The average molecular weight is 335 g/mol. The summed E-state index contributed by atoms with van der Waals surface area (Å²) in [5.41, 5.74) is 3.02. The summed E-state index contributed by atoms with van der Waals surface area (Å²) in [7, 11) is 1.86. The summed E-state index contributed by atoms with van der Waals surface area (Å²) in [4.78, 5) is 19.2. The Morgan fingerprint density at radius 1 is 1.28 bits per heavy atom. The molecule has 3 heterocycles. The van der Waals surface area contributed by atoms with Gasteiger partial charge >= 0.3 is 0 Å². The van der Waals surface area contributed by atoms with Crippen molar-refractivity contribution in [3.05, 3.63) is 66.1 Å². The van der Waals surface area contributed by atoms with Crippen molar-refractivity contribution < 1.29 is 9.53 Å². The lowest BCUT2D eigenvalue weighted by Gasteiger charge is -2.22. The van der Waals surface area contributed by atoms with Gasteiger partial charge in [-0.2, -0.15) is 0 Å². The molecule has 4 rings (SSSR count). The van der Waals surface area contributed by atoms with Crippen LogP contribution in [0, 0.1) is 5.92 Å². The zero-order valence-corrected chi connectivity index (χ0v) is 14.3. The molecule has 0 unspecified atom stereocenters. The Kier molecular flexibility index (Phi) is 4.14. The van der Waals surface area contributed by atoms with Gasteiger partial charge in [-0.05, 0) is 36.6 Å². The van der Waals surface area contributed by atoms with Gasteiger partial charge in [0.1, 0.15) is 11.4 Å². The topological polar surface area (TPSA) is 46.8 Å². The number of amides is 1. The van der Waals surface area contributed by atoms with Gasteiger partial charge in [0.25, 0.3) is 0 Å². The predicted octanol–water partition coefficient (Wildman–Crippen LogP) is 2.93. The molecule has 1 aliphatic heterocycles. The number of ether oxygens (including phenoxy) is 1. The summed E-state index contributed by atoms with van der Waals surface area (Å²) in [5, 5.41) is 0. The third kappa shape index (κ3) is 3.09. The normalized spacial score (nSPS) is 16.8. The van der Waals surface area contributed by atoms with Crippen molar-refractivity contribution in [2.24, 2.45) is 5.92 Å². The van der Waals surface area contributed by atoms with Crippen molar-refractivity contribution in [3.63, 3.8) is 0 Å². The van der Waals surface area contributed by atoms with Crippen molar-refractivity contribution in [2.75, 3.05) is 13.7 Å². The number of nitrogens with zero attached hydrogens (tertiary/aromatic N) is 3. The standard InChI is InChI=1S/C20H21N3O2/c1-22(14-17-13-21-19-8-4-5-10-23(17)19)20(24)16-9-11-25-18-7-3-2-6-15(18)12-16/h2-8,10,13,16H,9,11-12,14H2,1H3/t16-/m0/s1. The molecule has 25 heavy (non-hydrogen) atoms. The van der Waals surface area contributed by atoms with Gasteiger partial charge in [-0.25, -0.2) is 4.98 Å². The molecule has 1 amide bonds. The van der Waals surface area contributed by atoms with Gasteiger partial charge in [0, 0.05) is 19.2 Å². The van der Waals surface area contributed by atoms with E-state index in [4.69, 9.17) is 4.74 Å². The molecule has 5 nitrogen and oxygen atoms in total. The largest absolute Gasteiger partial charge is 0.493 e. The lowest BCUT2D eigenvalue weighted by atomic mass is 9.95. The van der Waals surface area contributed by atoms with Crippen LogP contribution < -0.4 is 4.74 Å². The summed E-state index contributed by atoms with van der Waals surface area (Å²) in [5.74, 6) is 1.02. The summed E-state index contributed by atoms with van der Waals surface area (Å²) < 4.78 is 7.81. The van der Waals surface area contributed by atoms with Gasteiger partial charge < -0.3 is 14.0 Å². The monoisotopic (exact) mass is 335 g/mol. The SMILES string of the molecule is CN(Cc1cnc2ccccn12)C(=O)[C@H]1CCOc2ccccc2C1. The predicted molar refractivity (Wildman–Crippen MR) is 95.4 cm³/mol. The highest BCUT2D eigenvalue weighted by Crippen LogP contribution is 2.27. The first-order valence-corrected chi connectivity index (χ1v) is 8.59. The number of hydrogen-bond donors (Lipinski definition) is 0. The van der Waals surface area contributed by atoms with E-state index in [1.807, 2.05) is 66.3 Å². The van der Waals surface area contributed by atoms with E-state index in [1.165, 1.54) is 0 Å². The Bertz CT molecular complexity index is 903. The van der Waals surface area contributed by atoms with Crippen LogP contribution in [0.1, 0.15) is 17.7 Å². The van der Waals surface area contributed by atoms with Crippen LogP contribution >= 0.6 is 0 Å². The second kappa shape index (κ2) is 6.59. The van der Waals surface area contributed by atoms with Crippen LogP contribution in [-0.2, 0) is 17.8 Å². The van der Waals surface area contributed by atoms with Gasteiger partial charge in [0.05, 0.1) is 25.0 Å². The van der Waals surface area contributed by atoms with Crippen LogP contribution in [-0.4, -0.2) is 33.8 Å². The molecule has 0 spiro atoms. The smallest absolute Gasteiger partial charge is 0.226 e. The number of aromatic nitrogens is 2. The maximum atomic E-state index is 13.0. The Morgan fingerprint density at radius 2 is 2.12 bits per heavy atom. The van der Waals surface area contributed by atoms with Crippen LogP contribution in [0.25, 0.3) is 5.65 Å². The Morgan fingerprint density at radius 3 is 3.04 bits per heavy atom. The first-order valence-electron chi connectivity index (χ1n) is 8.59. The van der Waals surface area contributed by atoms with Gasteiger partial charge in [-0.3, -0.25) is 4.79 Å². The van der Waals surface area contributed by atoms with Crippen LogP contribution in [0.4, 0.5) is 0 Å². The van der Waals surface area contributed by atoms with E-state index in [9.17, 15) is 4.79 Å². The van der Waals surface area contributed by atoms with Gasteiger partial charge in [-0.1, -0.05) is 24.3 Å². The molecule has 3 aromatic rings. The van der Waals surface area contributed by atoms with E-state index >= 15 is 0 Å². The van der Waals surface area contributed by atoms with E-state index in [-0.39, 0.29) is 11.8 Å². The van der Waals surface area contributed by atoms with Gasteiger partial charge in [0.15, 0.2) is 0 Å². The van der Waals surface area contributed by atoms with Crippen LogP contribution in [0.5, 0.6) is 5.75 Å². The molecule has 0 bridgehead atoms. The fraction of sp³-hybridized carbons (Fsp3) is 0.300. The molecule has 5 heteroatoms. The number of carbonyl (C=O) groups excluding carboxylic acids is 1. The van der Waals surface area contributed by atoms with Crippen LogP contribution in [0.3, 0.4) is 0 Å². The summed E-state index contributed by atoms with van der Waals surface area (Å²) in [6.45, 7) is 1.12. The summed E-state index contributed by atoms with van der Waals surface area (Å²) >= 11 is 0. The molecule has 0 saturated heterocycles. The molecular formula is C20H21N3O2. The fourth-order valence-corrected chi connectivity index (χ4v) is 3.44. The van der Waals surface area contributed by atoms with E-state index in [0.29, 0.717) is 13.2 Å². The Balaban J connectivity index is 1.50. The highest BCUT2D eigenvalue weighted by atomic mass is 16.5. The van der Waals surface area contributed by atoms with Crippen molar-refractivity contribution >= 4 is 11.6 Å². The number of imidazole rings is 1. The zero-order valence-electron chi connectivity index (χ0n) is 14.3. The molecule has 1 aromatic carbocycles. The molecule has 0 N–H and O–H groups in total. The third-order valence-corrected chi connectivity index (χ3v) is 4.78. The first kappa shape index (κ1) is 15.7. The number of pyridine rings is 1. The quantitative estimate of drug-likeness (QED) is 0.739. The molecule has 0 fully saturated rings. The molecule has 2 aromatic heterocycles. The minimum Gasteiger partial charge on any atom is -0.493 e. The number of carbonyl (C=O) groups is 1. The lowest BCUT2D eigenvalue weighted by molar-refractivity contribution is -0.135. The van der Waals surface area contributed by atoms with E-state index in [2.05, 4.69) is 4.98 Å². The van der Waals surface area contributed by atoms with Gasteiger partial charge in [0.2, 0.25) is 5.91 Å². The summed E-state index contributed by atoms with van der Waals surface area (Å²) in [6, 6.07) is 13.9. The average Bonchev–Trinajstić information content (AvgIpc) is 2.91. The van der Waals surface area contributed by atoms with E-state index in [1.54, 1.807) is 4.90 Å². The highest BCUT2D eigenvalue weighted by Gasteiger charge is 2.26. The van der Waals surface area contributed by atoms with E-state index in [0.717, 1.165) is 35.5 Å². The number of hydrogen-bond acceptors (Lipinski definition) is 3. The summed E-state index contributed by atoms with van der Waals surface area (Å²) in [6.07, 6.45) is 5.29. The number of benzene rings is 1. The van der Waals surface area contributed by atoms with Gasteiger partial charge in [-0.15, -0.1) is 0 Å². The van der Waals surface area contributed by atoms with E-state index < -0.39 is 0 Å². The Hall–Kier alpha value is -2.82. The molecular weight excluding hydrogens is 314 g/mol. The molecule has 0 saturated carbocycles. The molecule has 128 valence electrons. The number of fused-ring (bicyclic) bond motifs is 2.